The molecular formula is C25H25NO5S. The second-order valence-corrected chi connectivity index (χ2v) is 9.01. The Labute approximate surface area is 190 Å². The van der Waals surface area contributed by atoms with Crippen molar-refractivity contribution < 1.29 is 23.9 Å². The summed E-state index contributed by atoms with van der Waals surface area (Å²) in [6, 6.07) is 11.5. The number of rotatable bonds is 4. The number of aryl methyl sites for hydroxylation is 1. The lowest BCUT2D eigenvalue weighted by atomic mass is 9.68. The highest BCUT2D eigenvalue weighted by molar-refractivity contribution is 7.10. The van der Waals surface area contributed by atoms with Crippen LogP contribution >= 0.6 is 11.3 Å². The summed E-state index contributed by atoms with van der Waals surface area (Å²) in [6.07, 6.45) is 0.468. The molecule has 2 aliphatic rings. The van der Waals surface area contributed by atoms with Gasteiger partial charge in [0, 0.05) is 33.7 Å². The number of carbonyl (C=O) groups is 3. The average Bonchev–Trinajstić information content (AvgIpc) is 3.32. The molecule has 1 aromatic carbocycles. The van der Waals surface area contributed by atoms with Gasteiger partial charge in [-0.25, -0.2) is 4.79 Å². The number of ether oxygens (including phenoxy) is 2. The van der Waals surface area contributed by atoms with Crippen LogP contribution in [0.5, 0.6) is 0 Å². The summed E-state index contributed by atoms with van der Waals surface area (Å²) in [5.74, 6) is -3.30. The van der Waals surface area contributed by atoms with Crippen LogP contribution in [0.4, 0.5) is 0 Å². The molecule has 32 heavy (non-hydrogen) atoms. The molecule has 2 heterocycles. The summed E-state index contributed by atoms with van der Waals surface area (Å²) in [5.41, 5.74) is 4.00. The molecule has 4 rings (SSSR count). The maximum absolute atomic E-state index is 14.0. The smallest absolute Gasteiger partial charge is 0.336 e. The van der Waals surface area contributed by atoms with E-state index < -0.39 is 23.8 Å². The van der Waals surface area contributed by atoms with E-state index in [2.05, 4.69) is 5.32 Å². The van der Waals surface area contributed by atoms with Crippen molar-refractivity contribution in [2.24, 2.45) is 5.92 Å². The van der Waals surface area contributed by atoms with Gasteiger partial charge in [0.1, 0.15) is 5.92 Å². The van der Waals surface area contributed by atoms with Crippen LogP contribution in [-0.4, -0.2) is 31.9 Å². The third-order valence-corrected chi connectivity index (χ3v) is 7.29. The van der Waals surface area contributed by atoms with Crippen LogP contribution in [0.15, 0.2) is 64.3 Å². The first-order valence-electron chi connectivity index (χ1n) is 10.4. The van der Waals surface area contributed by atoms with Crippen LogP contribution in [-0.2, 0) is 23.9 Å². The lowest BCUT2D eigenvalue weighted by Gasteiger charge is -2.39. The number of dihydropyridines is 1. The van der Waals surface area contributed by atoms with E-state index in [-0.39, 0.29) is 11.7 Å². The van der Waals surface area contributed by atoms with Gasteiger partial charge in [-0.05, 0) is 42.8 Å². The van der Waals surface area contributed by atoms with Crippen molar-refractivity contribution in [2.75, 3.05) is 14.2 Å². The van der Waals surface area contributed by atoms with E-state index in [0.29, 0.717) is 23.3 Å². The molecule has 0 saturated carbocycles. The zero-order valence-electron chi connectivity index (χ0n) is 18.4. The number of carbonyl (C=O) groups excluding carboxylic acids is 3. The maximum atomic E-state index is 14.0. The number of esters is 2. The molecule has 1 aliphatic heterocycles. The Balaban J connectivity index is 1.93. The normalized spacial score (nSPS) is 22.9. The molecule has 6 nitrogen and oxygen atoms in total. The monoisotopic (exact) mass is 451 g/mol. The molecule has 166 valence electrons. The molecule has 3 unspecified atom stereocenters. The van der Waals surface area contributed by atoms with Crippen LogP contribution in [0.1, 0.15) is 41.2 Å². The lowest BCUT2D eigenvalue weighted by molar-refractivity contribution is -0.149. The van der Waals surface area contributed by atoms with E-state index in [9.17, 15) is 14.4 Å². The van der Waals surface area contributed by atoms with Gasteiger partial charge in [0.25, 0.3) is 0 Å². The Morgan fingerprint density at radius 2 is 1.81 bits per heavy atom. The number of nitrogens with one attached hydrogen (secondary N) is 1. The Morgan fingerprint density at radius 3 is 2.44 bits per heavy atom. The third kappa shape index (κ3) is 3.56. The number of Topliss-reactive ketones (excluding diaryl/α,β-unsaturated/α-hetero) is 1. The average molecular weight is 452 g/mol. The lowest BCUT2D eigenvalue weighted by Crippen LogP contribution is -2.43. The largest absolute Gasteiger partial charge is 0.468 e. The Hall–Kier alpha value is -3.19. The molecule has 1 N–H and O–H groups in total. The van der Waals surface area contributed by atoms with Crippen molar-refractivity contribution in [3.05, 3.63) is 80.3 Å². The van der Waals surface area contributed by atoms with Gasteiger partial charge in [-0.15, -0.1) is 11.3 Å². The van der Waals surface area contributed by atoms with E-state index in [1.165, 1.54) is 25.6 Å². The number of hydrogen-bond acceptors (Lipinski definition) is 7. The summed E-state index contributed by atoms with van der Waals surface area (Å²) in [4.78, 5) is 40.6. The number of methoxy groups -OCH3 is 2. The van der Waals surface area contributed by atoms with E-state index in [0.717, 1.165) is 21.7 Å². The number of benzene rings is 1. The fourth-order valence-corrected chi connectivity index (χ4v) is 5.67. The van der Waals surface area contributed by atoms with E-state index in [4.69, 9.17) is 9.47 Å². The number of hydrogen-bond donors (Lipinski definition) is 1. The molecule has 2 aromatic rings. The van der Waals surface area contributed by atoms with Gasteiger partial charge < -0.3 is 14.8 Å². The molecule has 0 spiro atoms. The maximum Gasteiger partial charge on any atom is 0.336 e. The van der Waals surface area contributed by atoms with Crippen molar-refractivity contribution in [1.82, 2.24) is 5.32 Å². The highest BCUT2D eigenvalue weighted by Gasteiger charge is 2.49. The summed E-state index contributed by atoms with van der Waals surface area (Å²) in [6.45, 7) is 3.76. The van der Waals surface area contributed by atoms with Gasteiger partial charge in [0.05, 0.1) is 19.8 Å². The van der Waals surface area contributed by atoms with Gasteiger partial charge in [-0.2, -0.15) is 0 Å². The first-order valence-corrected chi connectivity index (χ1v) is 11.3. The van der Waals surface area contributed by atoms with Gasteiger partial charge in [-0.1, -0.05) is 30.3 Å². The topological polar surface area (TPSA) is 81.7 Å². The van der Waals surface area contributed by atoms with Gasteiger partial charge in [-0.3, -0.25) is 9.59 Å². The van der Waals surface area contributed by atoms with Crippen LogP contribution in [0, 0.1) is 12.8 Å². The van der Waals surface area contributed by atoms with Gasteiger partial charge in [0.15, 0.2) is 5.78 Å². The zero-order chi connectivity index (χ0) is 23.0. The Kier molecular flexibility index (Phi) is 6.02. The quantitative estimate of drug-likeness (QED) is 0.559. The summed E-state index contributed by atoms with van der Waals surface area (Å²) in [7, 11) is 2.63. The fraction of sp³-hybridized carbons (Fsp3) is 0.320. The first kappa shape index (κ1) is 22.0. The fourth-order valence-electron chi connectivity index (χ4n) is 4.80. The third-order valence-electron chi connectivity index (χ3n) is 6.29. The van der Waals surface area contributed by atoms with Crippen molar-refractivity contribution >= 4 is 29.1 Å². The zero-order valence-corrected chi connectivity index (χ0v) is 19.2. The van der Waals surface area contributed by atoms with Crippen molar-refractivity contribution in [3.8, 4) is 0 Å². The molecule has 0 bridgehead atoms. The molecule has 1 aliphatic carbocycles. The minimum absolute atomic E-state index is 0.314. The SMILES string of the molecule is COC(=O)C1=C(C)NC2=C(C(=O)C(C(=O)OC)C(c3cccs3)C2)C1c1ccccc1C. The minimum atomic E-state index is -0.969. The summed E-state index contributed by atoms with van der Waals surface area (Å²) in [5, 5.41) is 5.23. The van der Waals surface area contributed by atoms with Crippen LogP contribution < -0.4 is 5.32 Å². The summed E-state index contributed by atoms with van der Waals surface area (Å²) >= 11 is 1.52. The standard InChI is InChI=1S/C25H25NO5S/c1-13-8-5-6-9-15(13)20-19(24(28)30-3)14(2)26-17-12-16(18-10-7-11-32-18)21(25(29)31-4)23(27)22(17)20/h5-11,16,20-21,26H,12H2,1-4H3. The molecule has 3 atom stereocenters. The van der Waals surface area contributed by atoms with Crippen LogP contribution in [0.2, 0.25) is 0 Å². The van der Waals surface area contributed by atoms with Crippen molar-refractivity contribution in [2.45, 2.75) is 32.1 Å². The van der Waals surface area contributed by atoms with E-state index in [1.807, 2.05) is 55.6 Å². The van der Waals surface area contributed by atoms with Crippen molar-refractivity contribution in [3.63, 3.8) is 0 Å². The molecule has 7 heteroatoms. The number of allylic oxidation sites excluding steroid dienone is 3. The Morgan fingerprint density at radius 1 is 1.06 bits per heavy atom. The van der Waals surface area contributed by atoms with Gasteiger partial charge in [0.2, 0.25) is 0 Å². The molecule has 1 aromatic heterocycles. The molecule has 0 fully saturated rings. The molecular weight excluding hydrogens is 426 g/mol. The highest BCUT2D eigenvalue weighted by atomic mass is 32.1. The molecule has 0 amide bonds. The van der Waals surface area contributed by atoms with Gasteiger partial charge >= 0.3 is 11.9 Å². The second kappa shape index (κ2) is 8.74. The second-order valence-electron chi connectivity index (χ2n) is 8.03. The summed E-state index contributed by atoms with van der Waals surface area (Å²) < 4.78 is 10.1. The number of thiophene rings is 1. The van der Waals surface area contributed by atoms with E-state index in [1.54, 1.807) is 0 Å². The van der Waals surface area contributed by atoms with Crippen molar-refractivity contribution in [1.29, 1.82) is 0 Å². The van der Waals surface area contributed by atoms with Crippen LogP contribution in [0.25, 0.3) is 0 Å². The first-order chi connectivity index (χ1) is 15.4. The number of ketones is 1. The minimum Gasteiger partial charge on any atom is -0.468 e. The highest BCUT2D eigenvalue weighted by Crippen LogP contribution is 2.49. The predicted octanol–water partition coefficient (Wildman–Crippen LogP) is 3.99. The Bertz CT molecular complexity index is 1140. The molecule has 0 radical (unpaired) electrons. The van der Waals surface area contributed by atoms with Crippen LogP contribution in [0.3, 0.4) is 0 Å². The van der Waals surface area contributed by atoms with E-state index >= 15 is 0 Å². The molecule has 0 saturated heterocycles. The predicted molar refractivity (Wildman–Crippen MR) is 121 cm³/mol.